The fourth-order valence-electron chi connectivity index (χ4n) is 1.23. The summed E-state index contributed by atoms with van der Waals surface area (Å²) in [5.41, 5.74) is 1.32. The van der Waals surface area contributed by atoms with Crippen LogP contribution in [0, 0.1) is 6.92 Å². The summed E-state index contributed by atoms with van der Waals surface area (Å²) >= 11 is 0. The van der Waals surface area contributed by atoms with E-state index in [1.54, 1.807) is 13.0 Å². The van der Waals surface area contributed by atoms with Gasteiger partial charge in [-0.15, -0.1) is 0 Å². The lowest BCUT2D eigenvalue weighted by atomic mass is 10.1. The zero-order chi connectivity index (χ0) is 11.6. The van der Waals surface area contributed by atoms with Crippen LogP contribution in [-0.4, -0.2) is 25.7 Å². The van der Waals surface area contributed by atoms with E-state index in [1.165, 1.54) is 12.1 Å². The van der Waals surface area contributed by atoms with E-state index in [2.05, 4.69) is 0 Å². The van der Waals surface area contributed by atoms with Crippen molar-refractivity contribution in [3.05, 3.63) is 29.3 Å². The van der Waals surface area contributed by atoms with Crippen LogP contribution in [0.25, 0.3) is 0 Å². The summed E-state index contributed by atoms with van der Waals surface area (Å²) in [5, 5.41) is 8.64. The second-order valence-electron chi connectivity index (χ2n) is 3.43. The molecule has 1 aromatic carbocycles. The number of benzene rings is 1. The third-order valence-electron chi connectivity index (χ3n) is 2.09. The molecule has 82 valence electrons. The van der Waals surface area contributed by atoms with Gasteiger partial charge in [0.05, 0.1) is 11.3 Å². The van der Waals surface area contributed by atoms with Gasteiger partial charge in [-0.05, 0) is 30.2 Å². The van der Waals surface area contributed by atoms with Crippen LogP contribution in [0.4, 0.5) is 0 Å². The quantitative estimate of drug-likeness (QED) is 0.838. The normalized spacial score (nSPS) is 11.3. The van der Waals surface area contributed by atoms with E-state index in [4.69, 9.17) is 5.11 Å². The van der Waals surface area contributed by atoms with Crippen LogP contribution in [0.5, 0.6) is 0 Å². The van der Waals surface area contributed by atoms with Gasteiger partial charge in [0.15, 0.2) is 9.84 Å². The molecule has 5 heteroatoms. The van der Waals surface area contributed by atoms with Crippen LogP contribution in [0.2, 0.25) is 0 Å². The molecule has 1 rings (SSSR count). The molecule has 0 aliphatic carbocycles. The summed E-state index contributed by atoms with van der Waals surface area (Å²) in [6, 6.07) is 4.52. The summed E-state index contributed by atoms with van der Waals surface area (Å²) < 4.78 is 22.5. The van der Waals surface area contributed by atoms with Gasteiger partial charge in [-0.2, -0.15) is 0 Å². The van der Waals surface area contributed by atoms with E-state index >= 15 is 0 Å². The predicted molar refractivity (Wildman–Crippen MR) is 55.6 cm³/mol. The van der Waals surface area contributed by atoms with Crippen LogP contribution in [0.3, 0.4) is 0 Å². The summed E-state index contributed by atoms with van der Waals surface area (Å²) in [4.78, 5) is 10.7. The van der Waals surface area contributed by atoms with E-state index in [1.807, 2.05) is 0 Å². The first-order valence-electron chi connectivity index (χ1n) is 4.32. The number of carboxylic acid groups (broad SMARTS) is 1. The minimum atomic E-state index is -3.27. The molecule has 0 spiro atoms. The number of sulfone groups is 1. The minimum Gasteiger partial charge on any atom is -0.481 e. The van der Waals surface area contributed by atoms with Crippen molar-refractivity contribution in [3.8, 4) is 0 Å². The van der Waals surface area contributed by atoms with Gasteiger partial charge in [0.25, 0.3) is 0 Å². The van der Waals surface area contributed by atoms with Crippen LogP contribution >= 0.6 is 0 Å². The minimum absolute atomic E-state index is 0.157. The second-order valence-corrected chi connectivity index (χ2v) is 5.45. The van der Waals surface area contributed by atoms with Crippen LogP contribution in [0.15, 0.2) is 23.1 Å². The van der Waals surface area contributed by atoms with Crippen LogP contribution < -0.4 is 0 Å². The van der Waals surface area contributed by atoms with Gasteiger partial charge in [0.1, 0.15) is 0 Å². The van der Waals surface area contributed by atoms with E-state index in [0.29, 0.717) is 5.56 Å². The lowest BCUT2D eigenvalue weighted by molar-refractivity contribution is -0.136. The van der Waals surface area contributed by atoms with E-state index < -0.39 is 15.8 Å². The van der Waals surface area contributed by atoms with E-state index in [0.717, 1.165) is 11.8 Å². The molecule has 1 N–H and O–H groups in total. The van der Waals surface area contributed by atoms with Crippen molar-refractivity contribution in [1.82, 2.24) is 0 Å². The van der Waals surface area contributed by atoms with E-state index in [9.17, 15) is 13.2 Å². The SMILES string of the molecule is Cc1ccc(S(C)(=O)=O)cc1CC(=O)O. The largest absolute Gasteiger partial charge is 0.481 e. The number of carboxylic acids is 1. The van der Waals surface area contributed by atoms with Gasteiger partial charge in [-0.1, -0.05) is 6.07 Å². The summed E-state index contributed by atoms with van der Waals surface area (Å²) in [6.45, 7) is 1.75. The zero-order valence-corrected chi connectivity index (χ0v) is 9.34. The lowest BCUT2D eigenvalue weighted by Gasteiger charge is -2.05. The highest BCUT2D eigenvalue weighted by Crippen LogP contribution is 2.16. The standard InChI is InChI=1S/C10H12O4S/c1-7-3-4-9(15(2,13)14)5-8(7)6-10(11)12/h3-5H,6H2,1-2H3,(H,11,12). The Morgan fingerprint density at radius 1 is 1.40 bits per heavy atom. The Morgan fingerprint density at radius 3 is 2.47 bits per heavy atom. The average molecular weight is 228 g/mol. The molecule has 0 radical (unpaired) electrons. The molecule has 0 amide bonds. The molecular weight excluding hydrogens is 216 g/mol. The Balaban J connectivity index is 3.23. The number of aliphatic carboxylic acids is 1. The van der Waals surface area contributed by atoms with Crippen molar-refractivity contribution in [1.29, 1.82) is 0 Å². The predicted octanol–water partition coefficient (Wildman–Crippen LogP) is 1.03. The van der Waals surface area contributed by atoms with Crippen molar-refractivity contribution < 1.29 is 18.3 Å². The third-order valence-corrected chi connectivity index (χ3v) is 3.20. The van der Waals surface area contributed by atoms with Gasteiger partial charge in [-0.3, -0.25) is 4.79 Å². The number of aryl methyl sites for hydroxylation is 1. The molecule has 0 fully saturated rings. The number of hydrogen-bond donors (Lipinski definition) is 1. The average Bonchev–Trinajstić information content (AvgIpc) is 2.06. The van der Waals surface area contributed by atoms with Gasteiger partial charge >= 0.3 is 5.97 Å². The fourth-order valence-corrected chi connectivity index (χ4v) is 1.90. The van der Waals surface area contributed by atoms with Crippen molar-refractivity contribution in [2.45, 2.75) is 18.2 Å². The Hall–Kier alpha value is -1.36. The molecule has 0 unspecified atom stereocenters. The van der Waals surface area contributed by atoms with Crippen molar-refractivity contribution in [3.63, 3.8) is 0 Å². The van der Waals surface area contributed by atoms with Gasteiger partial charge in [0, 0.05) is 6.26 Å². The van der Waals surface area contributed by atoms with Crippen LogP contribution in [0.1, 0.15) is 11.1 Å². The zero-order valence-electron chi connectivity index (χ0n) is 8.52. The molecular formula is C10H12O4S. The number of hydrogen-bond acceptors (Lipinski definition) is 3. The molecule has 0 bridgehead atoms. The smallest absolute Gasteiger partial charge is 0.307 e. The van der Waals surface area contributed by atoms with Crippen molar-refractivity contribution in [2.75, 3.05) is 6.26 Å². The first-order valence-corrected chi connectivity index (χ1v) is 6.21. The molecule has 0 aromatic heterocycles. The fraction of sp³-hybridized carbons (Fsp3) is 0.300. The first-order chi connectivity index (χ1) is 6.80. The van der Waals surface area contributed by atoms with Crippen molar-refractivity contribution >= 4 is 15.8 Å². The maximum Gasteiger partial charge on any atom is 0.307 e. The second kappa shape index (κ2) is 4.02. The molecule has 0 aliphatic rings. The monoisotopic (exact) mass is 228 g/mol. The Labute approximate surface area is 88.5 Å². The summed E-state index contributed by atoms with van der Waals surface area (Å²) in [6.07, 6.45) is 0.942. The van der Waals surface area contributed by atoms with E-state index in [-0.39, 0.29) is 11.3 Å². The molecule has 0 atom stereocenters. The highest BCUT2D eigenvalue weighted by Gasteiger charge is 2.11. The van der Waals surface area contributed by atoms with Crippen molar-refractivity contribution in [2.24, 2.45) is 0 Å². The highest BCUT2D eigenvalue weighted by atomic mass is 32.2. The Kier molecular flexibility index (Phi) is 3.14. The summed E-state index contributed by atoms with van der Waals surface area (Å²) in [5.74, 6) is -0.969. The molecule has 0 saturated heterocycles. The number of rotatable bonds is 3. The molecule has 1 aromatic rings. The van der Waals surface area contributed by atoms with Crippen LogP contribution in [-0.2, 0) is 21.1 Å². The Bertz CT molecular complexity index is 488. The lowest BCUT2D eigenvalue weighted by Crippen LogP contribution is -2.04. The topological polar surface area (TPSA) is 71.4 Å². The first kappa shape index (κ1) is 11.7. The molecule has 0 aliphatic heterocycles. The molecule has 4 nitrogen and oxygen atoms in total. The molecule has 15 heavy (non-hydrogen) atoms. The molecule has 0 saturated carbocycles. The molecule has 0 heterocycles. The maximum absolute atomic E-state index is 11.2. The third kappa shape index (κ3) is 3.06. The Morgan fingerprint density at radius 2 is 2.00 bits per heavy atom. The summed E-state index contributed by atoms with van der Waals surface area (Å²) in [7, 11) is -3.27. The van der Waals surface area contributed by atoms with Gasteiger partial charge < -0.3 is 5.11 Å². The van der Waals surface area contributed by atoms with Gasteiger partial charge in [0.2, 0.25) is 0 Å². The number of carbonyl (C=O) groups is 1. The maximum atomic E-state index is 11.2. The highest BCUT2D eigenvalue weighted by molar-refractivity contribution is 7.90. The van der Waals surface area contributed by atoms with Gasteiger partial charge in [-0.25, -0.2) is 8.42 Å².